The van der Waals surface area contributed by atoms with Crippen LogP contribution in [0, 0.1) is 6.92 Å². The van der Waals surface area contributed by atoms with E-state index in [1.165, 1.54) is 5.69 Å². The van der Waals surface area contributed by atoms with Crippen LogP contribution in [-0.2, 0) is 4.74 Å². The second-order valence-corrected chi connectivity index (χ2v) is 9.98. The third kappa shape index (κ3) is 6.04. The molecule has 0 aliphatic carbocycles. The number of methoxy groups -OCH3 is 1. The molecule has 1 amide bonds. The summed E-state index contributed by atoms with van der Waals surface area (Å²) < 4.78 is 11.1. The molecule has 2 aliphatic heterocycles. The first-order valence-corrected chi connectivity index (χ1v) is 13.3. The number of nitrogens with two attached hydrogens (primary N) is 1. The van der Waals surface area contributed by atoms with Crippen molar-refractivity contribution in [3.63, 3.8) is 0 Å². The molecule has 2 aliphatic rings. The fraction of sp³-hybridized carbons (Fsp3) is 0.429. The van der Waals surface area contributed by atoms with Crippen molar-refractivity contribution in [3.8, 4) is 17.1 Å². The molecule has 0 bridgehead atoms. The maximum atomic E-state index is 12.6. The first kappa shape index (κ1) is 26.6. The van der Waals surface area contributed by atoms with Gasteiger partial charge in [-0.2, -0.15) is 0 Å². The normalized spacial score (nSPS) is 16.6. The fourth-order valence-corrected chi connectivity index (χ4v) is 5.00. The van der Waals surface area contributed by atoms with Crippen LogP contribution >= 0.6 is 0 Å². The molecule has 4 N–H and O–H groups in total. The summed E-state index contributed by atoms with van der Waals surface area (Å²) in [7, 11) is 3.72. The fourth-order valence-electron chi connectivity index (χ4n) is 5.00. The predicted octanol–water partition coefficient (Wildman–Crippen LogP) is 3.04. The minimum atomic E-state index is -0.690. The second-order valence-electron chi connectivity index (χ2n) is 9.98. The Morgan fingerprint density at radius 3 is 2.54 bits per heavy atom. The number of hydrogen-bond donors (Lipinski definition) is 3. The minimum Gasteiger partial charge on any atom is -0.494 e. The van der Waals surface area contributed by atoms with Crippen molar-refractivity contribution < 1.29 is 14.3 Å². The zero-order chi connectivity index (χ0) is 27.4. The number of primary amides is 1. The lowest BCUT2D eigenvalue weighted by molar-refractivity contribution is 0.0904. The van der Waals surface area contributed by atoms with E-state index in [2.05, 4.69) is 56.5 Å². The van der Waals surface area contributed by atoms with Gasteiger partial charge in [0, 0.05) is 63.0 Å². The number of amides is 1. The van der Waals surface area contributed by atoms with Crippen LogP contribution in [0.5, 0.6) is 5.75 Å². The van der Waals surface area contributed by atoms with Crippen molar-refractivity contribution in [1.82, 2.24) is 19.9 Å². The summed E-state index contributed by atoms with van der Waals surface area (Å²) >= 11 is 0. The van der Waals surface area contributed by atoms with Crippen molar-refractivity contribution in [2.45, 2.75) is 25.8 Å². The van der Waals surface area contributed by atoms with Crippen molar-refractivity contribution >= 4 is 28.9 Å². The summed E-state index contributed by atoms with van der Waals surface area (Å²) in [6, 6.07) is 9.87. The quantitative estimate of drug-likeness (QED) is 0.398. The Bertz CT molecular complexity index is 1320. The van der Waals surface area contributed by atoms with Crippen molar-refractivity contribution in [3.05, 3.63) is 47.8 Å². The number of carbonyl (C=O) groups excluding carboxylic acids is 1. The molecule has 0 saturated carbocycles. The number of ether oxygens (including phenoxy) is 2. The topological polar surface area (TPSA) is 131 Å². The zero-order valence-corrected chi connectivity index (χ0v) is 22.7. The molecule has 0 spiro atoms. The van der Waals surface area contributed by atoms with E-state index in [1.807, 2.05) is 6.07 Å². The van der Waals surface area contributed by atoms with Gasteiger partial charge in [-0.15, -0.1) is 0 Å². The largest absolute Gasteiger partial charge is 0.494 e. The van der Waals surface area contributed by atoms with Gasteiger partial charge in [0.1, 0.15) is 17.1 Å². The summed E-state index contributed by atoms with van der Waals surface area (Å²) in [5, 5.41) is 6.81. The summed E-state index contributed by atoms with van der Waals surface area (Å²) in [6.07, 6.45) is 3.31. The molecule has 11 nitrogen and oxygen atoms in total. The Balaban J connectivity index is 1.51. The number of benzene rings is 1. The van der Waals surface area contributed by atoms with Gasteiger partial charge in [0.15, 0.2) is 17.3 Å². The van der Waals surface area contributed by atoms with E-state index in [9.17, 15) is 4.79 Å². The van der Waals surface area contributed by atoms with Gasteiger partial charge in [-0.25, -0.2) is 9.97 Å². The van der Waals surface area contributed by atoms with Gasteiger partial charge >= 0.3 is 0 Å². The summed E-state index contributed by atoms with van der Waals surface area (Å²) in [4.78, 5) is 31.3. The molecule has 1 aromatic carbocycles. The second kappa shape index (κ2) is 11.8. The van der Waals surface area contributed by atoms with Crippen LogP contribution < -0.4 is 26.0 Å². The Morgan fingerprint density at radius 2 is 1.85 bits per heavy atom. The smallest absolute Gasteiger partial charge is 0.271 e. The highest BCUT2D eigenvalue weighted by atomic mass is 16.5. The molecular weight excluding hydrogens is 496 g/mol. The van der Waals surface area contributed by atoms with Gasteiger partial charge in [0.05, 0.1) is 7.11 Å². The number of likely N-dealkylation sites (N-methyl/N-ethyl adjacent to an activating group) is 1. The molecular formula is C28H36N8O3. The van der Waals surface area contributed by atoms with E-state index in [0.29, 0.717) is 36.2 Å². The monoisotopic (exact) mass is 532 g/mol. The number of nitrogens with one attached hydrogen (secondary N) is 2. The maximum Gasteiger partial charge on any atom is 0.271 e. The van der Waals surface area contributed by atoms with Crippen LogP contribution in [0.4, 0.5) is 23.0 Å². The van der Waals surface area contributed by atoms with Crippen molar-refractivity contribution in [2.24, 2.45) is 5.73 Å². The Labute approximate surface area is 228 Å². The number of anilines is 4. The van der Waals surface area contributed by atoms with E-state index in [-0.39, 0.29) is 17.6 Å². The van der Waals surface area contributed by atoms with Gasteiger partial charge in [-0.05, 0) is 62.7 Å². The molecule has 2 aromatic heterocycles. The summed E-state index contributed by atoms with van der Waals surface area (Å²) in [5.41, 5.74) is 9.83. The maximum absolute atomic E-state index is 12.6. The number of aryl methyl sites for hydroxylation is 1. The lowest BCUT2D eigenvalue weighted by Gasteiger charge is -2.35. The van der Waals surface area contributed by atoms with Crippen LogP contribution in [-0.4, -0.2) is 85.4 Å². The Kier molecular flexibility index (Phi) is 8.08. The van der Waals surface area contributed by atoms with Crippen LogP contribution in [0.1, 0.15) is 28.9 Å². The standard InChI is InChI=1S/C28H36N8O3/c1-18-17-20(6-7-21(18)36-13-11-35(2)12-14-36)32-28-25(26(29)37)33-24(23-22(38-3)5-4-10-30-23)27(34-28)31-19-8-15-39-16-9-19/h4-7,10,17,19H,8-9,11-16H2,1-3H3,(H2,29,37)(H2,31,32,34). The molecule has 0 unspecified atom stereocenters. The van der Waals surface area contributed by atoms with Gasteiger partial charge < -0.3 is 35.6 Å². The van der Waals surface area contributed by atoms with E-state index in [1.54, 1.807) is 25.4 Å². The van der Waals surface area contributed by atoms with Crippen molar-refractivity contribution in [1.29, 1.82) is 0 Å². The summed E-state index contributed by atoms with van der Waals surface area (Å²) in [6.45, 7) is 7.46. The molecule has 39 heavy (non-hydrogen) atoms. The number of carbonyl (C=O) groups is 1. The number of nitrogens with zero attached hydrogens (tertiary/aromatic N) is 5. The lowest BCUT2D eigenvalue weighted by Crippen LogP contribution is -2.44. The first-order valence-electron chi connectivity index (χ1n) is 13.3. The van der Waals surface area contributed by atoms with E-state index in [4.69, 9.17) is 20.2 Å². The van der Waals surface area contributed by atoms with Crippen LogP contribution in [0.2, 0.25) is 0 Å². The van der Waals surface area contributed by atoms with Gasteiger partial charge in [0.2, 0.25) is 0 Å². The molecule has 0 radical (unpaired) electrons. The first-order chi connectivity index (χ1) is 18.9. The highest BCUT2D eigenvalue weighted by molar-refractivity contribution is 5.97. The molecule has 11 heteroatoms. The Morgan fingerprint density at radius 1 is 1.08 bits per heavy atom. The average molecular weight is 533 g/mol. The van der Waals surface area contributed by atoms with E-state index < -0.39 is 5.91 Å². The van der Waals surface area contributed by atoms with E-state index >= 15 is 0 Å². The van der Waals surface area contributed by atoms with Crippen LogP contribution in [0.15, 0.2) is 36.5 Å². The van der Waals surface area contributed by atoms with Gasteiger partial charge in [0.25, 0.3) is 5.91 Å². The lowest BCUT2D eigenvalue weighted by atomic mass is 10.1. The minimum absolute atomic E-state index is 0.0241. The van der Waals surface area contributed by atoms with Crippen molar-refractivity contribution in [2.75, 3.05) is 69.1 Å². The highest BCUT2D eigenvalue weighted by Gasteiger charge is 2.25. The Hall–Kier alpha value is -3.96. The molecule has 0 atom stereocenters. The molecule has 4 heterocycles. The number of hydrogen-bond acceptors (Lipinski definition) is 10. The van der Waals surface area contributed by atoms with Crippen LogP contribution in [0.25, 0.3) is 11.4 Å². The molecule has 206 valence electrons. The van der Waals surface area contributed by atoms with Crippen LogP contribution in [0.3, 0.4) is 0 Å². The van der Waals surface area contributed by atoms with Gasteiger partial charge in [-0.3, -0.25) is 9.78 Å². The number of pyridine rings is 1. The summed E-state index contributed by atoms with van der Waals surface area (Å²) in [5.74, 6) is 0.609. The predicted molar refractivity (Wildman–Crippen MR) is 152 cm³/mol. The van der Waals surface area contributed by atoms with E-state index in [0.717, 1.165) is 50.3 Å². The molecule has 2 fully saturated rings. The van der Waals surface area contributed by atoms with Gasteiger partial charge in [-0.1, -0.05) is 0 Å². The molecule has 2 saturated heterocycles. The third-order valence-electron chi connectivity index (χ3n) is 7.21. The number of rotatable bonds is 8. The molecule has 3 aromatic rings. The zero-order valence-electron chi connectivity index (χ0n) is 22.7. The molecule has 5 rings (SSSR count). The highest BCUT2D eigenvalue weighted by Crippen LogP contribution is 2.34. The number of aromatic nitrogens is 3. The SMILES string of the molecule is COc1cccnc1-c1nc(C(N)=O)c(Nc2ccc(N3CCN(C)CC3)c(C)c2)nc1NC1CCOCC1. The number of piperazine rings is 1. The third-order valence-corrected chi connectivity index (χ3v) is 7.21. The average Bonchev–Trinajstić information content (AvgIpc) is 2.94.